The van der Waals surface area contributed by atoms with Gasteiger partial charge in [-0.15, -0.1) is 10.2 Å². The maximum Gasteiger partial charge on any atom is 0.213 e. The van der Waals surface area contributed by atoms with Crippen molar-refractivity contribution < 1.29 is 27.7 Å². The Balaban J connectivity index is 1.88. The van der Waals surface area contributed by atoms with E-state index in [1.807, 2.05) is 0 Å². The Bertz CT molecular complexity index is 1250. The number of methoxy groups -OCH3 is 3. The van der Waals surface area contributed by atoms with Crippen LogP contribution in [0.1, 0.15) is 25.6 Å². The number of hydrogen-bond acceptors (Lipinski definition) is 9. The molecule has 0 saturated heterocycles. The van der Waals surface area contributed by atoms with Gasteiger partial charge in [0.1, 0.15) is 28.6 Å². The van der Waals surface area contributed by atoms with Gasteiger partial charge in [-0.2, -0.15) is 0 Å². The molecule has 10 nitrogen and oxygen atoms in total. The van der Waals surface area contributed by atoms with Crippen LogP contribution in [0.2, 0.25) is 0 Å². The minimum Gasteiger partial charge on any atom is -0.494 e. The van der Waals surface area contributed by atoms with Gasteiger partial charge in [-0.3, -0.25) is 4.57 Å². The number of aromatic nitrogens is 4. The Morgan fingerprint density at radius 2 is 1.68 bits per heavy atom. The van der Waals surface area contributed by atoms with Crippen molar-refractivity contribution in [1.29, 1.82) is 0 Å². The summed E-state index contributed by atoms with van der Waals surface area (Å²) in [5, 5.41) is 18.0. The first-order valence-corrected chi connectivity index (χ1v) is 12.6. The molecule has 4 rings (SSSR count). The molecule has 3 aromatic rings. The minimum atomic E-state index is -3.77. The van der Waals surface area contributed by atoms with Crippen LogP contribution in [0, 0.1) is 5.92 Å². The van der Waals surface area contributed by atoms with Crippen LogP contribution in [0.3, 0.4) is 0 Å². The average Bonchev–Trinajstić information content (AvgIpc) is 3.63. The molecular weight excluding hydrogens is 460 g/mol. The van der Waals surface area contributed by atoms with Gasteiger partial charge in [-0.1, -0.05) is 12.1 Å². The van der Waals surface area contributed by atoms with Crippen LogP contribution in [0.15, 0.2) is 36.4 Å². The van der Waals surface area contributed by atoms with Gasteiger partial charge < -0.3 is 19.3 Å². The number of hydrogen-bond donors (Lipinski definition) is 1. The quantitative estimate of drug-likeness (QED) is 0.458. The van der Waals surface area contributed by atoms with E-state index in [-0.39, 0.29) is 11.7 Å². The Labute approximate surface area is 198 Å². The molecule has 34 heavy (non-hydrogen) atoms. The number of para-hydroxylation sites is 1. The maximum absolute atomic E-state index is 13.3. The van der Waals surface area contributed by atoms with Gasteiger partial charge in [0.25, 0.3) is 0 Å². The average molecular weight is 489 g/mol. The fourth-order valence-electron chi connectivity index (χ4n) is 3.86. The lowest BCUT2D eigenvalue weighted by Crippen LogP contribution is -2.34. The summed E-state index contributed by atoms with van der Waals surface area (Å²) in [6, 6.07) is 10.4. The molecule has 1 saturated carbocycles. The topological polar surface area (TPSA) is 126 Å². The van der Waals surface area contributed by atoms with Crippen molar-refractivity contribution in [3.05, 3.63) is 42.2 Å². The second-order valence-electron chi connectivity index (χ2n) is 8.19. The molecule has 182 valence electrons. The normalized spacial score (nSPS) is 15.6. The number of nitrogens with zero attached hydrogens (tertiary/aromatic N) is 4. The lowest BCUT2D eigenvalue weighted by Gasteiger charge is -2.20. The summed E-state index contributed by atoms with van der Waals surface area (Å²) >= 11 is 0. The molecule has 0 unspecified atom stereocenters. The highest BCUT2D eigenvalue weighted by molar-refractivity contribution is 7.91. The van der Waals surface area contributed by atoms with Crippen LogP contribution < -0.4 is 14.2 Å². The summed E-state index contributed by atoms with van der Waals surface area (Å²) in [5.41, 5.74) is 0.868. The van der Waals surface area contributed by atoms with Gasteiger partial charge in [0.15, 0.2) is 21.5 Å². The number of rotatable bonds is 10. The first kappa shape index (κ1) is 24.0. The van der Waals surface area contributed by atoms with Crippen molar-refractivity contribution in [1.82, 2.24) is 19.7 Å². The van der Waals surface area contributed by atoms with Gasteiger partial charge in [-0.25, -0.2) is 13.4 Å². The molecule has 1 aliphatic rings. The predicted octanol–water partition coefficient (Wildman–Crippen LogP) is 2.43. The van der Waals surface area contributed by atoms with Crippen LogP contribution in [0.25, 0.3) is 17.2 Å². The first-order valence-electron chi connectivity index (χ1n) is 10.9. The molecule has 0 radical (unpaired) electrons. The lowest BCUT2D eigenvalue weighted by molar-refractivity contribution is 0.149. The summed E-state index contributed by atoms with van der Waals surface area (Å²) in [5.74, 6) is 1.28. The van der Waals surface area contributed by atoms with Crippen LogP contribution in [-0.4, -0.2) is 66.0 Å². The fourth-order valence-corrected chi connectivity index (χ4v) is 5.32. The largest absolute Gasteiger partial charge is 0.494 e. The molecule has 1 aromatic carbocycles. The minimum absolute atomic E-state index is 0.0218. The Morgan fingerprint density at radius 3 is 2.26 bits per heavy atom. The number of aliphatic hydroxyl groups is 1. The zero-order valence-corrected chi connectivity index (χ0v) is 20.3. The molecule has 0 amide bonds. The first-order chi connectivity index (χ1) is 16.3. The third-order valence-electron chi connectivity index (χ3n) is 6.00. The van der Waals surface area contributed by atoms with E-state index < -0.39 is 26.9 Å². The molecular formula is C23H28N4O6S. The van der Waals surface area contributed by atoms with Gasteiger partial charge in [0.05, 0.1) is 32.7 Å². The molecule has 2 atom stereocenters. The monoisotopic (exact) mass is 488 g/mol. The van der Waals surface area contributed by atoms with Crippen molar-refractivity contribution in [2.45, 2.75) is 36.9 Å². The fraction of sp³-hybridized carbons (Fsp3) is 0.435. The molecule has 0 bridgehead atoms. The van der Waals surface area contributed by atoms with E-state index in [1.54, 1.807) is 41.0 Å². The van der Waals surface area contributed by atoms with Gasteiger partial charge >= 0.3 is 0 Å². The van der Waals surface area contributed by atoms with E-state index in [1.165, 1.54) is 28.3 Å². The number of pyridine rings is 1. The highest BCUT2D eigenvalue weighted by Gasteiger charge is 2.40. The van der Waals surface area contributed by atoms with Crippen molar-refractivity contribution in [2.24, 2.45) is 5.92 Å². The van der Waals surface area contributed by atoms with Crippen LogP contribution in [0.5, 0.6) is 17.4 Å². The van der Waals surface area contributed by atoms with Gasteiger partial charge in [0, 0.05) is 6.07 Å². The zero-order valence-electron chi connectivity index (χ0n) is 19.5. The van der Waals surface area contributed by atoms with Crippen LogP contribution >= 0.6 is 0 Å². The highest BCUT2D eigenvalue weighted by Crippen LogP contribution is 2.38. The van der Waals surface area contributed by atoms with Gasteiger partial charge in [0.2, 0.25) is 5.88 Å². The standard InChI is InChI=1S/C23H28N4O6S/c1-14(22(28)15-11-12-15)34(29,30)13-19-25-26-23(16-7-5-10-20(24-16)33-4)27(19)21-17(31-2)8-6-9-18(21)32-3/h5-10,14-15,22,28H,11-13H2,1-4H3/t14-,22+/m0/s1. The van der Waals surface area contributed by atoms with Crippen LogP contribution in [0.4, 0.5) is 0 Å². The number of aliphatic hydroxyl groups excluding tert-OH is 1. The van der Waals surface area contributed by atoms with E-state index in [2.05, 4.69) is 15.2 Å². The molecule has 0 aliphatic heterocycles. The second kappa shape index (κ2) is 9.59. The van der Waals surface area contributed by atoms with Gasteiger partial charge in [-0.05, 0) is 43.9 Å². The highest BCUT2D eigenvalue weighted by atomic mass is 32.2. The molecule has 1 N–H and O–H groups in total. The summed E-state index contributed by atoms with van der Waals surface area (Å²) < 4.78 is 44.5. The molecule has 0 spiro atoms. The summed E-state index contributed by atoms with van der Waals surface area (Å²) in [6.45, 7) is 1.53. The van der Waals surface area contributed by atoms with Crippen LogP contribution in [-0.2, 0) is 15.6 Å². The SMILES string of the molecule is COc1cccc(-c2nnc(CS(=O)(=O)[C@@H](C)[C@@H](O)C3CC3)n2-c2c(OC)cccc2OC)n1. The molecule has 1 fully saturated rings. The smallest absolute Gasteiger partial charge is 0.213 e. The third-order valence-corrected chi connectivity index (χ3v) is 8.07. The van der Waals surface area contributed by atoms with E-state index in [0.29, 0.717) is 34.6 Å². The Kier molecular flexibility index (Phi) is 6.76. The van der Waals surface area contributed by atoms with Crippen molar-refractivity contribution in [3.8, 4) is 34.6 Å². The molecule has 2 heterocycles. The lowest BCUT2D eigenvalue weighted by atomic mass is 10.2. The van der Waals surface area contributed by atoms with E-state index in [9.17, 15) is 13.5 Å². The number of sulfone groups is 1. The van der Waals surface area contributed by atoms with E-state index in [0.717, 1.165) is 12.8 Å². The third kappa shape index (κ3) is 4.58. The van der Waals surface area contributed by atoms with E-state index >= 15 is 0 Å². The number of benzene rings is 1. The summed E-state index contributed by atoms with van der Waals surface area (Å²) in [7, 11) is 0.757. The zero-order chi connectivity index (χ0) is 24.5. The van der Waals surface area contributed by atoms with E-state index in [4.69, 9.17) is 14.2 Å². The van der Waals surface area contributed by atoms with Crippen molar-refractivity contribution >= 4 is 9.84 Å². The summed E-state index contributed by atoms with van der Waals surface area (Å²) in [6.07, 6.45) is 0.754. The maximum atomic E-state index is 13.3. The van der Waals surface area contributed by atoms with Crippen molar-refractivity contribution in [2.75, 3.05) is 21.3 Å². The Morgan fingerprint density at radius 1 is 1.03 bits per heavy atom. The number of ether oxygens (including phenoxy) is 3. The Hall–Kier alpha value is -3.18. The molecule has 2 aromatic heterocycles. The molecule has 11 heteroatoms. The van der Waals surface area contributed by atoms with Crippen molar-refractivity contribution in [3.63, 3.8) is 0 Å². The second-order valence-corrected chi connectivity index (χ2v) is 10.5. The predicted molar refractivity (Wildman–Crippen MR) is 125 cm³/mol. The molecule has 1 aliphatic carbocycles. The summed E-state index contributed by atoms with van der Waals surface area (Å²) in [4.78, 5) is 4.45.